The lowest BCUT2D eigenvalue weighted by Crippen LogP contribution is -2.54. The zero-order valence-corrected chi connectivity index (χ0v) is 7.77. The highest BCUT2D eigenvalue weighted by Crippen LogP contribution is 2.50. The van der Waals surface area contributed by atoms with Gasteiger partial charge in [0.1, 0.15) is 5.82 Å². The standard InChI is InChI=1S/C8H4F7NO/c9-5-1-2-16-3-4(5)6(17,7(10,11)12)8(13,14)15/h1-3,17H. The predicted molar refractivity (Wildman–Crippen MR) is 40.2 cm³/mol. The maximum absolute atomic E-state index is 12.9. The Kier molecular flexibility index (Phi) is 3.08. The van der Waals surface area contributed by atoms with Crippen LogP contribution in [0, 0.1) is 5.82 Å². The third-order valence-corrected chi connectivity index (χ3v) is 1.98. The predicted octanol–water partition coefficient (Wildman–Crippen LogP) is 2.53. The molecular weight excluding hydrogens is 259 g/mol. The Balaban J connectivity index is 3.53. The van der Waals surface area contributed by atoms with Gasteiger partial charge in [-0.15, -0.1) is 0 Å². The van der Waals surface area contributed by atoms with Crippen LogP contribution in [0.1, 0.15) is 5.56 Å². The fourth-order valence-electron chi connectivity index (χ4n) is 1.11. The molecule has 0 atom stereocenters. The molecule has 0 aliphatic rings. The summed E-state index contributed by atoms with van der Waals surface area (Å²) in [5, 5.41) is 8.81. The van der Waals surface area contributed by atoms with Crippen molar-refractivity contribution in [2.24, 2.45) is 0 Å². The van der Waals surface area contributed by atoms with E-state index >= 15 is 0 Å². The van der Waals surface area contributed by atoms with Crippen LogP contribution in [-0.2, 0) is 5.60 Å². The molecule has 9 heteroatoms. The van der Waals surface area contributed by atoms with Crippen LogP contribution in [0.2, 0.25) is 0 Å². The third-order valence-electron chi connectivity index (χ3n) is 1.98. The Bertz CT molecular complexity index is 397. The van der Waals surface area contributed by atoms with Crippen molar-refractivity contribution >= 4 is 0 Å². The summed E-state index contributed by atoms with van der Waals surface area (Å²) < 4.78 is 86.8. The maximum atomic E-state index is 12.9. The molecule has 0 fully saturated rings. The van der Waals surface area contributed by atoms with Gasteiger partial charge in [-0.25, -0.2) is 4.39 Å². The zero-order valence-electron chi connectivity index (χ0n) is 7.77. The van der Waals surface area contributed by atoms with Crippen molar-refractivity contribution in [2.45, 2.75) is 18.0 Å². The Morgan fingerprint density at radius 3 is 1.82 bits per heavy atom. The van der Waals surface area contributed by atoms with Crippen molar-refractivity contribution in [2.75, 3.05) is 0 Å². The number of aromatic nitrogens is 1. The van der Waals surface area contributed by atoms with Gasteiger partial charge in [0.25, 0.3) is 5.60 Å². The molecule has 1 rings (SSSR count). The van der Waals surface area contributed by atoms with E-state index in [1.807, 2.05) is 0 Å². The summed E-state index contributed by atoms with van der Waals surface area (Å²) in [6.07, 6.45) is -11.6. The van der Waals surface area contributed by atoms with Gasteiger partial charge in [-0.2, -0.15) is 26.3 Å². The summed E-state index contributed by atoms with van der Waals surface area (Å²) in [7, 11) is 0. The number of rotatable bonds is 1. The first-order valence-electron chi connectivity index (χ1n) is 3.97. The second kappa shape index (κ2) is 3.83. The van der Waals surface area contributed by atoms with Gasteiger partial charge < -0.3 is 5.11 Å². The number of hydrogen-bond donors (Lipinski definition) is 1. The lowest BCUT2D eigenvalue weighted by atomic mass is 9.93. The summed E-state index contributed by atoms with van der Waals surface area (Å²) in [5.41, 5.74) is -7.27. The average Bonchev–Trinajstić information content (AvgIpc) is 2.13. The second-order valence-electron chi connectivity index (χ2n) is 3.06. The van der Waals surface area contributed by atoms with Crippen LogP contribution in [0.25, 0.3) is 0 Å². The number of hydrogen-bond acceptors (Lipinski definition) is 2. The Labute approximate surface area is 89.7 Å². The lowest BCUT2D eigenvalue weighted by molar-refractivity contribution is -0.377. The van der Waals surface area contributed by atoms with E-state index in [9.17, 15) is 30.7 Å². The van der Waals surface area contributed by atoms with Crippen molar-refractivity contribution in [3.63, 3.8) is 0 Å². The molecule has 0 aromatic carbocycles. The van der Waals surface area contributed by atoms with Crippen LogP contribution in [0.4, 0.5) is 30.7 Å². The van der Waals surface area contributed by atoms with Gasteiger partial charge in [-0.3, -0.25) is 4.98 Å². The second-order valence-corrected chi connectivity index (χ2v) is 3.06. The molecule has 1 N–H and O–H groups in total. The van der Waals surface area contributed by atoms with E-state index < -0.39 is 29.3 Å². The molecule has 2 nitrogen and oxygen atoms in total. The molecule has 0 saturated carbocycles. The first-order valence-corrected chi connectivity index (χ1v) is 3.97. The summed E-state index contributed by atoms with van der Waals surface area (Å²) in [6.45, 7) is 0. The largest absolute Gasteiger partial charge is 0.430 e. The van der Waals surface area contributed by atoms with Gasteiger partial charge in [-0.05, 0) is 6.07 Å². The highest BCUT2D eigenvalue weighted by molar-refractivity contribution is 5.24. The molecule has 0 spiro atoms. The van der Waals surface area contributed by atoms with E-state index in [4.69, 9.17) is 5.11 Å². The fourth-order valence-corrected chi connectivity index (χ4v) is 1.11. The van der Waals surface area contributed by atoms with Gasteiger partial charge in [-0.1, -0.05) is 0 Å². The van der Waals surface area contributed by atoms with Crippen LogP contribution < -0.4 is 0 Å². The molecule has 0 amide bonds. The molecular formula is C8H4F7NO. The van der Waals surface area contributed by atoms with E-state index in [2.05, 4.69) is 4.98 Å². The molecule has 0 radical (unpaired) electrons. The molecule has 0 bridgehead atoms. The summed E-state index contributed by atoms with van der Waals surface area (Å²) in [4.78, 5) is 2.94. The van der Waals surface area contributed by atoms with E-state index in [1.54, 1.807) is 0 Å². The molecule has 96 valence electrons. The van der Waals surface area contributed by atoms with E-state index in [1.165, 1.54) is 0 Å². The van der Waals surface area contributed by atoms with Crippen LogP contribution in [-0.4, -0.2) is 22.4 Å². The number of alkyl halides is 6. The lowest BCUT2D eigenvalue weighted by Gasteiger charge is -2.32. The monoisotopic (exact) mass is 263 g/mol. The van der Waals surface area contributed by atoms with Crippen molar-refractivity contribution < 1.29 is 35.8 Å². The van der Waals surface area contributed by atoms with Crippen LogP contribution in [0.5, 0.6) is 0 Å². The number of halogens is 7. The zero-order chi connectivity index (χ0) is 13.5. The Morgan fingerprint density at radius 1 is 1.00 bits per heavy atom. The van der Waals surface area contributed by atoms with Gasteiger partial charge in [0.05, 0.1) is 5.56 Å². The van der Waals surface area contributed by atoms with Gasteiger partial charge in [0.2, 0.25) is 0 Å². The van der Waals surface area contributed by atoms with Crippen molar-refractivity contribution in [3.8, 4) is 0 Å². The molecule has 1 heterocycles. The van der Waals surface area contributed by atoms with Gasteiger partial charge >= 0.3 is 12.4 Å². The van der Waals surface area contributed by atoms with Crippen molar-refractivity contribution in [1.82, 2.24) is 4.98 Å². The SMILES string of the molecule is OC(c1cnccc1F)(C(F)(F)F)C(F)(F)F. The molecule has 1 aromatic heterocycles. The molecule has 17 heavy (non-hydrogen) atoms. The summed E-state index contributed by atoms with van der Waals surface area (Å²) in [6, 6.07) is 0.289. The smallest absolute Gasteiger partial charge is 0.369 e. The minimum atomic E-state index is -6.12. The number of aliphatic hydroxyl groups is 1. The third kappa shape index (κ3) is 2.06. The summed E-state index contributed by atoms with van der Waals surface area (Å²) >= 11 is 0. The maximum Gasteiger partial charge on any atom is 0.430 e. The molecule has 0 aliphatic carbocycles. The first-order chi connectivity index (χ1) is 7.52. The molecule has 0 aliphatic heterocycles. The average molecular weight is 263 g/mol. The molecule has 0 unspecified atom stereocenters. The number of nitrogens with zero attached hydrogens (tertiary/aromatic N) is 1. The molecule has 1 aromatic rings. The summed E-state index contributed by atoms with van der Waals surface area (Å²) in [5.74, 6) is -1.85. The van der Waals surface area contributed by atoms with E-state index in [-0.39, 0.29) is 12.3 Å². The molecule has 0 saturated heterocycles. The highest BCUT2D eigenvalue weighted by atomic mass is 19.4. The Hall–Kier alpha value is -1.38. The number of pyridine rings is 1. The first kappa shape index (κ1) is 13.7. The van der Waals surface area contributed by atoms with Crippen LogP contribution >= 0.6 is 0 Å². The fraction of sp³-hybridized carbons (Fsp3) is 0.375. The quantitative estimate of drug-likeness (QED) is 0.790. The highest BCUT2D eigenvalue weighted by Gasteiger charge is 2.72. The Morgan fingerprint density at radius 2 is 1.47 bits per heavy atom. The van der Waals surface area contributed by atoms with Gasteiger partial charge in [0, 0.05) is 12.4 Å². The van der Waals surface area contributed by atoms with Gasteiger partial charge in [0.15, 0.2) is 0 Å². The minimum Gasteiger partial charge on any atom is -0.369 e. The van der Waals surface area contributed by atoms with Crippen LogP contribution in [0.3, 0.4) is 0 Å². The topological polar surface area (TPSA) is 33.1 Å². The van der Waals surface area contributed by atoms with E-state index in [0.717, 1.165) is 0 Å². The van der Waals surface area contributed by atoms with Crippen molar-refractivity contribution in [3.05, 3.63) is 29.8 Å². The van der Waals surface area contributed by atoms with Crippen molar-refractivity contribution in [1.29, 1.82) is 0 Å². The normalized spacial score (nSPS) is 13.9. The van der Waals surface area contributed by atoms with E-state index in [0.29, 0.717) is 6.20 Å². The van der Waals surface area contributed by atoms with Crippen LogP contribution in [0.15, 0.2) is 18.5 Å². The minimum absolute atomic E-state index is 0.0175.